The van der Waals surface area contributed by atoms with Gasteiger partial charge in [0.2, 0.25) is 11.8 Å². The van der Waals surface area contributed by atoms with Gasteiger partial charge in [-0.25, -0.2) is 4.99 Å². The van der Waals surface area contributed by atoms with Crippen LogP contribution in [-0.4, -0.2) is 95.5 Å². The summed E-state index contributed by atoms with van der Waals surface area (Å²) in [6.07, 6.45) is 0.0727. The fraction of sp³-hybridized carbons (Fsp3) is 0.455. The molecule has 2 fully saturated rings. The van der Waals surface area contributed by atoms with Crippen LogP contribution in [0.15, 0.2) is 65.6 Å². The van der Waals surface area contributed by atoms with E-state index in [-0.39, 0.29) is 24.3 Å². The van der Waals surface area contributed by atoms with Crippen LogP contribution in [0.2, 0.25) is 0 Å². The van der Waals surface area contributed by atoms with Crippen LogP contribution >= 0.6 is 0 Å². The predicted octanol–water partition coefficient (Wildman–Crippen LogP) is 3.36. The van der Waals surface area contributed by atoms with Crippen LogP contribution in [0, 0.1) is 5.92 Å². The highest BCUT2D eigenvalue weighted by molar-refractivity contribution is 5.96. The molecular formula is C33H40F3N7O3. The first-order chi connectivity index (χ1) is 22.0. The summed E-state index contributed by atoms with van der Waals surface area (Å²) in [4.78, 5) is 47.9. The number of alkyl halides is 3. The van der Waals surface area contributed by atoms with Crippen molar-refractivity contribution in [3.05, 3.63) is 77.2 Å². The number of carbonyl (C=O) groups excluding carboxylic acids is 3. The number of rotatable bonds is 8. The van der Waals surface area contributed by atoms with E-state index in [1.807, 2.05) is 66.1 Å². The summed E-state index contributed by atoms with van der Waals surface area (Å²) in [7, 11) is 1.88. The minimum atomic E-state index is -4.36. The number of aromatic nitrogens is 1. The Morgan fingerprint density at radius 2 is 1.74 bits per heavy atom. The fourth-order valence-corrected chi connectivity index (χ4v) is 5.79. The van der Waals surface area contributed by atoms with Crippen LogP contribution in [0.5, 0.6) is 0 Å². The van der Waals surface area contributed by atoms with E-state index < -0.39 is 24.9 Å². The second-order valence-electron chi connectivity index (χ2n) is 11.8. The first kappa shape index (κ1) is 33.0. The molecule has 1 aromatic heterocycles. The van der Waals surface area contributed by atoms with Crippen LogP contribution < -0.4 is 16.1 Å². The van der Waals surface area contributed by atoms with Gasteiger partial charge < -0.3 is 29.9 Å². The molecule has 4 heterocycles. The first-order valence-electron chi connectivity index (χ1n) is 15.6. The number of piperazine rings is 1. The van der Waals surface area contributed by atoms with Crippen LogP contribution in [0.1, 0.15) is 42.1 Å². The van der Waals surface area contributed by atoms with Crippen molar-refractivity contribution in [1.29, 1.82) is 0 Å². The third kappa shape index (κ3) is 8.06. The third-order valence-electron chi connectivity index (χ3n) is 8.53. The largest absolute Gasteiger partial charge is 0.389 e. The molecule has 0 aliphatic carbocycles. The molecule has 2 aromatic rings. The van der Waals surface area contributed by atoms with Gasteiger partial charge in [-0.15, -0.1) is 0 Å². The van der Waals surface area contributed by atoms with Crippen LogP contribution in [0.4, 0.5) is 18.9 Å². The maximum absolute atomic E-state index is 13.0. The molecule has 46 heavy (non-hydrogen) atoms. The Hall–Kier alpha value is -4.39. The number of aryl methyl sites for hydroxylation is 1. The van der Waals surface area contributed by atoms with Gasteiger partial charge in [-0.3, -0.25) is 14.4 Å². The van der Waals surface area contributed by atoms with Gasteiger partial charge >= 0.3 is 6.18 Å². The lowest BCUT2D eigenvalue weighted by Gasteiger charge is -2.41. The molecule has 3 aliphatic heterocycles. The second kappa shape index (κ2) is 14.4. The number of pyridine rings is 1. The van der Waals surface area contributed by atoms with E-state index in [1.54, 1.807) is 17.0 Å². The number of nitrogens with zero attached hydrogens (tertiary/aromatic N) is 5. The van der Waals surface area contributed by atoms with Gasteiger partial charge in [0, 0.05) is 88.8 Å². The number of allylic oxidation sites excluding steroid dienone is 1. The number of hydrogen-bond donors (Lipinski definition) is 2. The molecule has 5 rings (SSSR count). The normalized spacial score (nSPS) is 18.3. The van der Waals surface area contributed by atoms with Gasteiger partial charge in [-0.05, 0) is 61.4 Å². The minimum absolute atomic E-state index is 0.103. The maximum Gasteiger partial charge on any atom is 0.389 e. The number of anilines is 1. The van der Waals surface area contributed by atoms with E-state index >= 15 is 0 Å². The molecule has 13 heteroatoms. The number of nitrogens with one attached hydrogen (secondary N) is 2. The lowest BCUT2D eigenvalue weighted by Crippen LogP contribution is -2.58. The monoisotopic (exact) mass is 639 g/mol. The standard InChI is InChI=1S/C33H40F3N7O3/c1-3-28(38-26-8-6-24(7-9-26)31(45)43-21-25(22-43)32(46)42-19-14-37-15-20-42)39-30-27(5-4-16-40(30)2)23-11-17-41(18-12-23)29(44)10-13-33(34,35)36/h3-9,11,16,25,37-38H,10,12-15,17-22H2,1-2H3/b28-3+,39-30?. The third-order valence-corrected chi connectivity index (χ3v) is 8.53. The summed E-state index contributed by atoms with van der Waals surface area (Å²) < 4.78 is 39.6. The summed E-state index contributed by atoms with van der Waals surface area (Å²) in [6.45, 7) is 6.32. The van der Waals surface area contributed by atoms with E-state index in [2.05, 4.69) is 10.6 Å². The summed E-state index contributed by atoms with van der Waals surface area (Å²) in [5.41, 5.74) is 3.81. The number of hydrogen-bond acceptors (Lipinski definition) is 6. The molecule has 1 aromatic carbocycles. The molecule has 0 atom stereocenters. The Kier molecular flexibility index (Phi) is 10.3. The maximum atomic E-state index is 13.0. The molecule has 0 bridgehead atoms. The summed E-state index contributed by atoms with van der Waals surface area (Å²) in [5, 5.41) is 6.54. The zero-order valence-corrected chi connectivity index (χ0v) is 26.1. The van der Waals surface area contributed by atoms with Gasteiger partial charge in [0.1, 0.15) is 11.3 Å². The van der Waals surface area contributed by atoms with Gasteiger partial charge in [-0.2, -0.15) is 13.2 Å². The van der Waals surface area contributed by atoms with Crippen LogP contribution in [0.3, 0.4) is 0 Å². The Bertz CT molecular complexity index is 1570. The van der Waals surface area contributed by atoms with Crippen LogP contribution in [0.25, 0.3) is 5.57 Å². The van der Waals surface area contributed by atoms with Crippen molar-refractivity contribution >= 4 is 29.0 Å². The smallest absolute Gasteiger partial charge is 0.340 e. The van der Waals surface area contributed by atoms with E-state index in [4.69, 9.17) is 4.99 Å². The van der Waals surface area contributed by atoms with Crippen molar-refractivity contribution in [2.24, 2.45) is 18.0 Å². The van der Waals surface area contributed by atoms with Crippen molar-refractivity contribution < 1.29 is 27.6 Å². The number of amides is 3. The predicted molar refractivity (Wildman–Crippen MR) is 168 cm³/mol. The lowest BCUT2D eigenvalue weighted by atomic mass is 9.96. The van der Waals surface area contributed by atoms with E-state index in [0.29, 0.717) is 56.0 Å². The SMILES string of the molecule is C/C=C(/N=c1c(C2=CCN(C(=O)CCC(F)(F)F)CC2)cccn1C)Nc1ccc(C(=O)N2CC(C(=O)N3CCNCC3)C2)cc1. The fourth-order valence-electron chi connectivity index (χ4n) is 5.79. The molecule has 0 unspecified atom stereocenters. The van der Waals surface area contributed by atoms with Crippen molar-refractivity contribution in [1.82, 2.24) is 24.6 Å². The zero-order valence-electron chi connectivity index (χ0n) is 26.1. The van der Waals surface area contributed by atoms with E-state index in [0.717, 1.165) is 29.9 Å². The van der Waals surface area contributed by atoms with Crippen molar-refractivity contribution in [2.75, 3.05) is 57.7 Å². The van der Waals surface area contributed by atoms with Gasteiger partial charge in [0.05, 0.1) is 12.3 Å². The Balaban J connectivity index is 1.21. The Labute approximate surface area is 266 Å². The number of benzene rings is 1. The molecule has 3 aliphatic rings. The topological polar surface area (TPSA) is 102 Å². The van der Waals surface area contributed by atoms with Gasteiger partial charge in [-0.1, -0.05) is 6.08 Å². The summed E-state index contributed by atoms with van der Waals surface area (Å²) >= 11 is 0. The quantitative estimate of drug-likeness (QED) is 0.462. The minimum Gasteiger partial charge on any atom is -0.340 e. The van der Waals surface area contributed by atoms with Crippen molar-refractivity contribution in [2.45, 2.75) is 32.4 Å². The lowest BCUT2D eigenvalue weighted by molar-refractivity contribution is -0.148. The molecule has 2 N–H and O–H groups in total. The van der Waals surface area contributed by atoms with Crippen LogP contribution in [-0.2, 0) is 16.6 Å². The molecule has 10 nitrogen and oxygen atoms in total. The average Bonchev–Trinajstić information content (AvgIpc) is 3.03. The highest BCUT2D eigenvalue weighted by atomic mass is 19.4. The Morgan fingerprint density at radius 3 is 2.37 bits per heavy atom. The number of halogens is 3. The Morgan fingerprint density at radius 1 is 1.02 bits per heavy atom. The summed E-state index contributed by atoms with van der Waals surface area (Å²) in [5.74, 6) is -0.0347. The van der Waals surface area contributed by atoms with Gasteiger partial charge in [0.15, 0.2) is 0 Å². The molecule has 2 saturated heterocycles. The van der Waals surface area contributed by atoms with Crippen molar-refractivity contribution in [3.8, 4) is 0 Å². The average molecular weight is 640 g/mol. The van der Waals surface area contributed by atoms with E-state index in [1.165, 1.54) is 4.90 Å². The molecule has 0 spiro atoms. The highest BCUT2D eigenvalue weighted by Gasteiger charge is 2.38. The number of likely N-dealkylation sites (tertiary alicyclic amines) is 1. The molecule has 0 radical (unpaired) electrons. The van der Waals surface area contributed by atoms with Crippen molar-refractivity contribution in [3.63, 3.8) is 0 Å². The molecular weight excluding hydrogens is 599 g/mol. The zero-order chi connectivity index (χ0) is 32.8. The van der Waals surface area contributed by atoms with Gasteiger partial charge in [0.25, 0.3) is 5.91 Å². The first-order valence-corrected chi connectivity index (χ1v) is 15.6. The number of carbonyl (C=O) groups is 3. The van der Waals surface area contributed by atoms with E-state index in [9.17, 15) is 27.6 Å². The summed E-state index contributed by atoms with van der Waals surface area (Å²) in [6, 6.07) is 11.0. The molecule has 3 amide bonds. The second-order valence-corrected chi connectivity index (χ2v) is 11.8. The molecule has 0 saturated carbocycles. The molecule has 246 valence electrons. The highest BCUT2D eigenvalue weighted by Crippen LogP contribution is 2.25.